The molecule has 0 spiro atoms. The van der Waals surface area contributed by atoms with Gasteiger partial charge in [0.2, 0.25) is 0 Å². The number of ether oxygens (including phenoxy) is 2. The number of hydrogen-bond acceptors (Lipinski definition) is 5. The molecule has 0 saturated heterocycles. The molecule has 0 unspecified atom stereocenters. The lowest BCUT2D eigenvalue weighted by molar-refractivity contribution is 0.102. The van der Waals surface area contributed by atoms with Crippen molar-refractivity contribution in [1.29, 1.82) is 0 Å². The van der Waals surface area contributed by atoms with Crippen LogP contribution in [0.3, 0.4) is 0 Å². The van der Waals surface area contributed by atoms with Gasteiger partial charge in [0, 0.05) is 17.4 Å². The number of aromatic nitrogens is 1. The normalized spacial score (nSPS) is 10.5. The number of rotatable bonds is 7. The summed E-state index contributed by atoms with van der Waals surface area (Å²) in [7, 11) is 3.18. The first-order valence-corrected chi connectivity index (χ1v) is 9.36. The third-order valence-corrected chi connectivity index (χ3v) is 4.50. The minimum Gasteiger partial charge on any atom is -0.493 e. The molecule has 0 atom stereocenters. The summed E-state index contributed by atoms with van der Waals surface area (Å²) >= 11 is 0. The van der Waals surface area contributed by atoms with E-state index in [-0.39, 0.29) is 5.91 Å². The van der Waals surface area contributed by atoms with Crippen molar-refractivity contribution in [3.8, 4) is 11.5 Å². The smallest absolute Gasteiger partial charge is 0.274 e. The molecular formula is C23H25N3O3. The number of amides is 1. The van der Waals surface area contributed by atoms with Crippen LogP contribution in [0.15, 0.2) is 60.8 Å². The summed E-state index contributed by atoms with van der Waals surface area (Å²) in [6.07, 6.45) is 1.62. The van der Waals surface area contributed by atoms with Gasteiger partial charge < -0.3 is 20.1 Å². The molecule has 0 fully saturated rings. The number of hydrogen-bond donors (Lipinski definition) is 2. The maximum absolute atomic E-state index is 12.4. The van der Waals surface area contributed by atoms with Gasteiger partial charge in [-0.1, -0.05) is 26.0 Å². The molecule has 0 aliphatic heterocycles. The van der Waals surface area contributed by atoms with Crippen LogP contribution in [-0.4, -0.2) is 25.1 Å². The van der Waals surface area contributed by atoms with E-state index < -0.39 is 0 Å². The van der Waals surface area contributed by atoms with Crippen molar-refractivity contribution >= 4 is 23.0 Å². The van der Waals surface area contributed by atoms with Gasteiger partial charge >= 0.3 is 0 Å². The van der Waals surface area contributed by atoms with E-state index in [2.05, 4.69) is 29.5 Å². The Hall–Kier alpha value is -3.54. The Morgan fingerprint density at radius 3 is 2.10 bits per heavy atom. The zero-order chi connectivity index (χ0) is 20.8. The van der Waals surface area contributed by atoms with Crippen molar-refractivity contribution in [2.75, 3.05) is 24.9 Å². The largest absolute Gasteiger partial charge is 0.493 e. The third kappa shape index (κ3) is 5.04. The summed E-state index contributed by atoms with van der Waals surface area (Å²) in [5, 5.41) is 6.10. The highest BCUT2D eigenvalue weighted by Gasteiger charge is 2.09. The third-order valence-electron chi connectivity index (χ3n) is 4.50. The first-order chi connectivity index (χ1) is 14.0. The molecule has 0 saturated carbocycles. The predicted molar refractivity (Wildman–Crippen MR) is 116 cm³/mol. The van der Waals surface area contributed by atoms with Gasteiger partial charge in [0.1, 0.15) is 5.69 Å². The second-order valence-corrected chi connectivity index (χ2v) is 6.86. The molecule has 150 valence electrons. The van der Waals surface area contributed by atoms with E-state index in [1.807, 2.05) is 42.5 Å². The highest BCUT2D eigenvalue weighted by molar-refractivity contribution is 6.03. The monoisotopic (exact) mass is 391 g/mol. The second kappa shape index (κ2) is 9.10. The molecule has 0 aliphatic rings. The number of pyridine rings is 1. The number of anilines is 3. The minimum atomic E-state index is -0.250. The van der Waals surface area contributed by atoms with Crippen LogP contribution < -0.4 is 20.1 Å². The summed E-state index contributed by atoms with van der Waals surface area (Å²) in [5.74, 6) is 1.49. The zero-order valence-corrected chi connectivity index (χ0v) is 17.0. The number of nitrogens with zero attached hydrogens (tertiary/aromatic N) is 1. The molecular weight excluding hydrogens is 366 g/mol. The quantitative estimate of drug-likeness (QED) is 0.578. The van der Waals surface area contributed by atoms with Gasteiger partial charge in [-0.2, -0.15) is 0 Å². The lowest BCUT2D eigenvalue weighted by atomic mass is 10.0. The molecule has 0 radical (unpaired) electrons. The van der Waals surface area contributed by atoms with Crippen LogP contribution in [-0.2, 0) is 0 Å². The fraction of sp³-hybridized carbons (Fsp3) is 0.217. The molecule has 2 N–H and O–H groups in total. The molecule has 3 aromatic rings. The van der Waals surface area contributed by atoms with Gasteiger partial charge in [-0.05, 0) is 47.9 Å². The Morgan fingerprint density at radius 1 is 0.862 bits per heavy atom. The Labute approximate surface area is 170 Å². The van der Waals surface area contributed by atoms with Gasteiger partial charge in [-0.25, -0.2) is 4.98 Å². The van der Waals surface area contributed by atoms with Crippen molar-refractivity contribution in [1.82, 2.24) is 4.98 Å². The minimum absolute atomic E-state index is 0.250. The summed E-state index contributed by atoms with van der Waals surface area (Å²) in [5.41, 5.74) is 3.90. The van der Waals surface area contributed by atoms with Crippen LogP contribution in [0.5, 0.6) is 11.5 Å². The molecule has 1 heterocycles. The number of nitrogens with one attached hydrogen (secondary N) is 2. The average molecular weight is 391 g/mol. The Kier molecular flexibility index (Phi) is 6.34. The lowest BCUT2D eigenvalue weighted by Gasteiger charge is -2.11. The van der Waals surface area contributed by atoms with Crippen molar-refractivity contribution in [3.05, 3.63) is 72.1 Å². The highest BCUT2D eigenvalue weighted by Crippen LogP contribution is 2.31. The summed E-state index contributed by atoms with van der Waals surface area (Å²) in [6.45, 7) is 4.27. The molecule has 6 nitrogen and oxygen atoms in total. The maximum Gasteiger partial charge on any atom is 0.274 e. The fourth-order valence-electron chi connectivity index (χ4n) is 2.83. The van der Waals surface area contributed by atoms with Crippen LogP contribution in [0.2, 0.25) is 0 Å². The molecule has 6 heteroatoms. The van der Waals surface area contributed by atoms with Crippen LogP contribution in [0.4, 0.5) is 17.1 Å². The van der Waals surface area contributed by atoms with E-state index in [4.69, 9.17) is 9.47 Å². The van der Waals surface area contributed by atoms with Crippen LogP contribution >= 0.6 is 0 Å². The van der Waals surface area contributed by atoms with Crippen molar-refractivity contribution < 1.29 is 14.3 Å². The SMILES string of the molecule is COc1ccc(Nc2ccc(C(=O)Nc3ccc(C(C)C)cc3)nc2)cc1OC. The predicted octanol–water partition coefficient (Wildman–Crippen LogP) is 5.22. The first kappa shape index (κ1) is 20.2. The van der Waals surface area contributed by atoms with E-state index in [0.29, 0.717) is 23.1 Å². The summed E-state index contributed by atoms with van der Waals surface area (Å²) in [6, 6.07) is 16.9. The maximum atomic E-state index is 12.4. The average Bonchev–Trinajstić information content (AvgIpc) is 2.74. The Balaban J connectivity index is 1.65. The van der Waals surface area contributed by atoms with E-state index in [9.17, 15) is 4.79 Å². The fourth-order valence-corrected chi connectivity index (χ4v) is 2.83. The molecule has 1 aromatic heterocycles. The molecule has 0 bridgehead atoms. The van der Waals surface area contributed by atoms with Crippen LogP contribution in [0.1, 0.15) is 35.8 Å². The van der Waals surface area contributed by atoms with Gasteiger partial charge in [-0.3, -0.25) is 4.79 Å². The molecule has 1 amide bonds. The number of carbonyl (C=O) groups is 1. The van der Waals surface area contributed by atoms with Crippen molar-refractivity contribution in [3.63, 3.8) is 0 Å². The van der Waals surface area contributed by atoms with Crippen molar-refractivity contribution in [2.45, 2.75) is 19.8 Å². The van der Waals surface area contributed by atoms with Gasteiger partial charge in [0.15, 0.2) is 11.5 Å². The van der Waals surface area contributed by atoms with E-state index >= 15 is 0 Å². The molecule has 3 rings (SSSR count). The van der Waals surface area contributed by atoms with E-state index in [1.165, 1.54) is 5.56 Å². The standard InChI is InChI=1S/C23H25N3O3/c1-15(2)16-5-7-17(8-6-16)26-23(27)20-11-9-19(14-24-20)25-18-10-12-21(28-3)22(13-18)29-4/h5-15,25H,1-4H3,(H,26,27). The highest BCUT2D eigenvalue weighted by atomic mass is 16.5. The van der Waals surface area contributed by atoms with Crippen LogP contribution in [0.25, 0.3) is 0 Å². The summed E-state index contributed by atoms with van der Waals surface area (Å²) in [4.78, 5) is 16.7. The Morgan fingerprint density at radius 2 is 1.52 bits per heavy atom. The number of carbonyl (C=O) groups excluding carboxylic acids is 1. The summed E-state index contributed by atoms with van der Waals surface area (Å²) < 4.78 is 10.5. The van der Waals surface area contributed by atoms with Gasteiger partial charge in [-0.15, -0.1) is 0 Å². The zero-order valence-electron chi connectivity index (χ0n) is 17.0. The second-order valence-electron chi connectivity index (χ2n) is 6.86. The topological polar surface area (TPSA) is 72.5 Å². The number of benzene rings is 2. The lowest BCUT2D eigenvalue weighted by Crippen LogP contribution is -2.13. The number of methoxy groups -OCH3 is 2. The molecule has 0 aliphatic carbocycles. The van der Waals surface area contributed by atoms with Crippen LogP contribution in [0, 0.1) is 0 Å². The Bertz CT molecular complexity index is 968. The molecule has 29 heavy (non-hydrogen) atoms. The van der Waals surface area contributed by atoms with Crippen molar-refractivity contribution in [2.24, 2.45) is 0 Å². The van der Waals surface area contributed by atoms with Gasteiger partial charge in [0.05, 0.1) is 26.1 Å². The van der Waals surface area contributed by atoms with E-state index in [1.54, 1.807) is 32.5 Å². The first-order valence-electron chi connectivity index (χ1n) is 9.36. The van der Waals surface area contributed by atoms with Gasteiger partial charge in [0.25, 0.3) is 5.91 Å². The molecule has 2 aromatic carbocycles. The van der Waals surface area contributed by atoms with E-state index in [0.717, 1.165) is 17.1 Å².